The lowest BCUT2D eigenvalue weighted by molar-refractivity contribution is -0.384. The molecule has 0 aromatic heterocycles. The number of rotatable bonds is 6. The molecule has 0 aliphatic heterocycles. The van der Waals surface area contributed by atoms with Gasteiger partial charge in [-0.2, -0.15) is 0 Å². The topological polar surface area (TPSA) is 75.5 Å². The summed E-state index contributed by atoms with van der Waals surface area (Å²) in [6.45, 7) is 2.51. The van der Waals surface area contributed by atoms with Gasteiger partial charge in [0.15, 0.2) is 0 Å². The van der Waals surface area contributed by atoms with Crippen molar-refractivity contribution >= 4 is 28.9 Å². The van der Waals surface area contributed by atoms with Gasteiger partial charge in [0.1, 0.15) is 0 Å². The van der Waals surface area contributed by atoms with Gasteiger partial charge in [-0.1, -0.05) is 23.7 Å². The Labute approximate surface area is 145 Å². The molecule has 0 fully saturated rings. The number of benzene rings is 2. The summed E-state index contributed by atoms with van der Waals surface area (Å²) in [5, 5.41) is 14.2. The number of nitrogens with zero attached hydrogens (tertiary/aromatic N) is 2. The van der Waals surface area contributed by atoms with Gasteiger partial charge in [0.25, 0.3) is 5.69 Å². The molecule has 1 N–H and O–H groups in total. The number of hydrogen-bond acceptors (Lipinski definition) is 4. The maximum absolute atomic E-state index is 12.1. The zero-order valence-corrected chi connectivity index (χ0v) is 14.2. The van der Waals surface area contributed by atoms with Crippen molar-refractivity contribution in [2.24, 2.45) is 0 Å². The molecule has 0 saturated carbocycles. The standard InChI is InChI=1S/C17H18ClN3O3/c1-12-8-15(21(23)24)6-7-16(12)19-17(22)11-20(2)10-13-4-3-5-14(18)9-13/h3-9H,10-11H2,1-2H3,(H,19,22). The van der Waals surface area contributed by atoms with E-state index in [0.29, 0.717) is 22.8 Å². The number of nitro groups is 1. The largest absolute Gasteiger partial charge is 0.325 e. The Morgan fingerprint density at radius 1 is 1.29 bits per heavy atom. The number of carbonyl (C=O) groups is 1. The van der Waals surface area contributed by atoms with Gasteiger partial charge in [-0.15, -0.1) is 0 Å². The van der Waals surface area contributed by atoms with E-state index in [0.717, 1.165) is 5.56 Å². The Morgan fingerprint density at radius 2 is 2.04 bits per heavy atom. The van der Waals surface area contributed by atoms with Crippen LogP contribution in [-0.4, -0.2) is 29.3 Å². The minimum absolute atomic E-state index is 0.00331. The number of non-ortho nitro benzene ring substituents is 1. The maximum atomic E-state index is 12.1. The van der Waals surface area contributed by atoms with E-state index in [1.165, 1.54) is 12.1 Å². The first-order valence-corrected chi connectivity index (χ1v) is 7.71. The van der Waals surface area contributed by atoms with Gasteiger partial charge in [0, 0.05) is 29.4 Å². The molecule has 0 unspecified atom stereocenters. The van der Waals surface area contributed by atoms with E-state index < -0.39 is 4.92 Å². The Kier molecular flexibility index (Phi) is 5.89. The lowest BCUT2D eigenvalue weighted by Gasteiger charge is -2.17. The second-order valence-corrected chi connectivity index (χ2v) is 6.04. The first-order chi connectivity index (χ1) is 11.3. The highest BCUT2D eigenvalue weighted by Crippen LogP contribution is 2.21. The van der Waals surface area contributed by atoms with Crippen molar-refractivity contribution in [1.29, 1.82) is 0 Å². The lowest BCUT2D eigenvalue weighted by Crippen LogP contribution is -2.30. The van der Waals surface area contributed by atoms with Crippen molar-refractivity contribution in [1.82, 2.24) is 4.90 Å². The summed E-state index contributed by atoms with van der Waals surface area (Å²) in [5.41, 5.74) is 2.24. The third-order valence-electron chi connectivity index (χ3n) is 3.45. The van der Waals surface area contributed by atoms with E-state index in [1.807, 2.05) is 30.1 Å². The summed E-state index contributed by atoms with van der Waals surface area (Å²) in [6.07, 6.45) is 0. The lowest BCUT2D eigenvalue weighted by atomic mass is 10.2. The average molecular weight is 348 g/mol. The summed E-state index contributed by atoms with van der Waals surface area (Å²) in [7, 11) is 1.84. The van der Waals surface area contributed by atoms with E-state index in [1.54, 1.807) is 19.1 Å². The Hall–Kier alpha value is -2.44. The number of nitro benzene ring substituents is 1. The molecule has 0 bridgehead atoms. The Balaban J connectivity index is 1.94. The molecule has 0 spiro atoms. The fourth-order valence-electron chi connectivity index (χ4n) is 2.34. The normalized spacial score (nSPS) is 10.7. The van der Waals surface area contributed by atoms with Crippen LogP contribution in [0.2, 0.25) is 5.02 Å². The minimum atomic E-state index is -0.461. The number of anilines is 1. The van der Waals surface area contributed by atoms with Crippen LogP contribution in [0.25, 0.3) is 0 Å². The van der Waals surface area contributed by atoms with Crippen molar-refractivity contribution in [3.05, 3.63) is 68.7 Å². The first kappa shape index (κ1) is 17.9. The molecule has 0 saturated heterocycles. The van der Waals surface area contributed by atoms with E-state index in [4.69, 9.17) is 11.6 Å². The van der Waals surface area contributed by atoms with E-state index in [-0.39, 0.29) is 18.1 Å². The van der Waals surface area contributed by atoms with Gasteiger partial charge >= 0.3 is 0 Å². The number of carbonyl (C=O) groups excluding carboxylic acids is 1. The number of likely N-dealkylation sites (N-methyl/N-ethyl adjacent to an activating group) is 1. The van der Waals surface area contributed by atoms with Gasteiger partial charge in [-0.25, -0.2) is 0 Å². The summed E-state index contributed by atoms with van der Waals surface area (Å²) in [6, 6.07) is 11.8. The van der Waals surface area contributed by atoms with Gasteiger partial charge in [-0.3, -0.25) is 19.8 Å². The van der Waals surface area contributed by atoms with Crippen molar-refractivity contribution in [2.45, 2.75) is 13.5 Å². The number of amides is 1. The fraction of sp³-hybridized carbons (Fsp3) is 0.235. The summed E-state index contributed by atoms with van der Waals surface area (Å²) >= 11 is 5.95. The molecule has 7 heteroatoms. The van der Waals surface area contributed by atoms with Crippen molar-refractivity contribution in [2.75, 3.05) is 18.9 Å². The van der Waals surface area contributed by atoms with Crippen LogP contribution in [-0.2, 0) is 11.3 Å². The number of nitrogens with one attached hydrogen (secondary N) is 1. The molecule has 0 atom stereocenters. The van der Waals surface area contributed by atoms with Gasteiger partial charge < -0.3 is 5.32 Å². The van der Waals surface area contributed by atoms with Crippen molar-refractivity contribution in [3.8, 4) is 0 Å². The third kappa shape index (κ3) is 5.04. The number of halogens is 1. The van der Waals surface area contributed by atoms with Crippen LogP contribution >= 0.6 is 11.6 Å². The highest BCUT2D eigenvalue weighted by atomic mass is 35.5. The Morgan fingerprint density at radius 3 is 2.67 bits per heavy atom. The molecular weight excluding hydrogens is 330 g/mol. The molecule has 24 heavy (non-hydrogen) atoms. The van der Waals surface area contributed by atoms with Crippen LogP contribution in [0.5, 0.6) is 0 Å². The van der Waals surface area contributed by atoms with Crippen molar-refractivity contribution in [3.63, 3.8) is 0 Å². The molecule has 2 rings (SSSR count). The van der Waals surface area contributed by atoms with Gasteiger partial charge in [0.05, 0.1) is 11.5 Å². The Bertz CT molecular complexity index is 764. The van der Waals surface area contributed by atoms with Gasteiger partial charge in [0.2, 0.25) is 5.91 Å². The molecule has 0 radical (unpaired) electrons. The predicted octanol–water partition coefficient (Wildman–Crippen LogP) is 3.63. The summed E-state index contributed by atoms with van der Waals surface area (Å²) in [4.78, 5) is 24.3. The molecule has 2 aromatic carbocycles. The van der Waals surface area contributed by atoms with E-state index in [2.05, 4.69) is 5.32 Å². The SMILES string of the molecule is Cc1cc([N+](=O)[O-])ccc1NC(=O)CN(C)Cc1cccc(Cl)c1. The molecular formula is C17H18ClN3O3. The van der Waals surface area contributed by atoms with E-state index >= 15 is 0 Å². The average Bonchev–Trinajstić information content (AvgIpc) is 2.48. The van der Waals surface area contributed by atoms with Crippen LogP contribution < -0.4 is 5.32 Å². The van der Waals surface area contributed by atoms with Crippen LogP contribution in [0.3, 0.4) is 0 Å². The molecule has 2 aromatic rings. The molecule has 6 nitrogen and oxygen atoms in total. The number of aryl methyl sites for hydroxylation is 1. The third-order valence-corrected chi connectivity index (χ3v) is 3.69. The highest BCUT2D eigenvalue weighted by Gasteiger charge is 2.12. The molecule has 126 valence electrons. The zero-order valence-electron chi connectivity index (χ0n) is 13.5. The van der Waals surface area contributed by atoms with Crippen LogP contribution in [0.1, 0.15) is 11.1 Å². The second kappa shape index (κ2) is 7.90. The minimum Gasteiger partial charge on any atom is -0.325 e. The second-order valence-electron chi connectivity index (χ2n) is 5.61. The maximum Gasteiger partial charge on any atom is 0.269 e. The molecule has 0 heterocycles. The van der Waals surface area contributed by atoms with Crippen molar-refractivity contribution < 1.29 is 9.72 Å². The van der Waals surface area contributed by atoms with Gasteiger partial charge in [-0.05, 0) is 43.3 Å². The van der Waals surface area contributed by atoms with Crippen LogP contribution in [0.15, 0.2) is 42.5 Å². The quantitative estimate of drug-likeness (QED) is 0.639. The molecule has 1 amide bonds. The zero-order chi connectivity index (χ0) is 17.7. The van der Waals surface area contributed by atoms with E-state index in [9.17, 15) is 14.9 Å². The predicted molar refractivity (Wildman–Crippen MR) is 94.2 cm³/mol. The van der Waals surface area contributed by atoms with Crippen LogP contribution in [0.4, 0.5) is 11.4 Å². The number of hydrogen-bond donors (Lipinski definition) is 1. The summed E-state index contributed by atoms with van der Waals surface area (Å²) < 4.78 is 0. The van der Waals surface area contributed by atoms with Crippen LogP contribution in [0, 0.1) is 17.0 Å². The monoisotopic (exact) mass is 347 g/mol. The first-order valence-electron chi connectivity index (χ1n) is 7.33. The molecule has 0 aliphatic carbocycles. The summed E-state index contributed by atoms with van der Waals surface area (Å²) in [5.74, 6) is -0.184. The highest BCUT2D eigenvalue weighted by molar-refractivity contribution is 6.30. The fourth-order valence-corrected chi connectivity index (χ4v) is 2.55. The smallest absolute Gasteiger partial charge is 0.269 e. The molecule has 0 aliphatic rings.